The monoisotopic (exact) mass is 273 g/mol. The molecule has 1 aromatic rings. The van der Waals surface area contributed by atoms with Gasteiger partial charge in [-0.25, -0.2) is 4.79 Å². The van der Waals surface area contributed by atoms with Gasteiger partial charge in [0, 0.05) is 0 Å². The van der Waals surface area contributed by atoms with Crippen molar-refractivity contribution in [3.8, 4) is 11.8 Å². The Morgan fingerprint density at radius 3 is 2.47 bits per heavy atom. The third-order valence-corrected chi connectivity index (χ3v) is 2.25. The number of carbonyl (C=O) groups is 1. The second-order valence-electron chi connectivity index (χ2n) is 3.43. The molecule has 19 heavy (non-hydrogen) atoms. The summed E-state index contributed by atoms with van der Waals surface area (Å²) in [5.74, 6) is -1.24. The van der Waals surface area contributed by atoms with Crippen molar-refractivity contribution in [2.75, 3.05) is 13.7 Å². The number of esters is 1. The van der Waals surface area contributed by atoms with Crippen molar-refractivity contribution >= 4 is 5.97 Å². The molecule has 0 aromatic heterocycles. The summed E-state index contributed by atoms with van der Waals surface area (Å²) in [6.45, 7) is 1.58. The zero-order valence-electron chi connectivity index (χ0n) is 10.2. The van der Waals surface area contributed by atoms with Gasteiger partial charge in [0.05, 0.1) is 24.8 Å². The molecule has 0 radical (unpaired) electrons. The minimum absolute atomic E-state index is 0.0356. The van der Waals surface area contributed by atoms with E-state index >= 15 is 0 Å². The van der Waals surface area contributed by atoms with Crippen molar-refractivity contribution in [1.29, 1.82) is 5.26 Å². The van der Waals surface area contributed by atoms with Gasteiger partial charge in [0.15, 0.2) is 0 Å². The number of carbonyl (C=O) groups excluding carboxylic acids is 1. The standard InChI is InChI=1S/C12H10F3NO3/c1-3-19-11(17)10-7(6-16)4-8(12(13,14)15)5-9(10)18-2/h4-5H,3H2,1-2H3. The molecule has 1 rings (SSSR count). The number of hydrogen-bond donors (Lipinski definition) is 0. The van der Waals surface area contributed by atoms with Gasteiger partial charge in [-0.15, -0.1) is 0 Å². The van der Waals surface area contributed by atoms with Crippen LogP contribution in [0.25, 0.3) is 0 Å². The first-order valence-corrected chi connectivity index (χ1v) is 5.21. The molecule has 0 unspecified atom stereocenters. The normalized spacial score (nSPS) is 10.7. The largest absolute Gasteiger partial charge is 0.496 e. The van der Waals surface area contributed by atoms with Gasteiger partial charge in [-0.05, 0) is 19.1 Å². The maximum atomic E-state index is 12.6. The molecule has 0 bridgehead atoms. The van der Waals surface area contributed by atoms with Crippen LogP contribution in [0, 0.1) is 11.3 Å². The summed E-state index contributed by atoms with van der Waals surface area (Å²) < 4.78 is 47.3. The molecule has 0 fully saturated rings. The summed E-state index contributed by atoms with van der Waals surface area (Å²) in [5.41, 5.74) is -1.81. The highest BCUT2D eigenvalue weighted by molar-refractivity contribution is 5.95. The molecule has 0 heterocycles. The van der Waals surface area contributed by atoms with Gasteiger partial charge in [0.1, 0.15) is 17.4 Å². The van der Waals surface area contributed by atoms with Crippen molar-refractivity contribution in [3.63, 3.8) is 0 Å². The molecule has 102 valence electrons. The molecule has 0 spiro atoms. The van der Waals surface area contributed by atoms with Gasteiger partial charge in [0.25, 0.3) is 0 Å². The molecule has 7 heteroatoms. The highest BCUT2D eigenvalue weighted by atomic mass is 19.4. The average molecular weight is 273 g/mol. The molecule has 1 aromatic carbocycles. The number of ether oxygens (including phenoxy) is 2. The SMILES string of the molecule is CCOC(=O)c1c(C#N)cc(C(F)(F)F)cc1OC. The number of nitrogens with zero attached hydrogens (tertiary/aromatic N) is 1. The summed E-state index contributed by atoms with van der Waals surface area (Å²) in [4.78, 5) is 11.6. The molecular formula is C12H10F3NO3. The fourth-order valence-electron chi connectivity index (χ4n) is 1.44. The van der Waals surface area contributed by atoms with Gasteiger partial charge in [-0.2, -0.15) is 18.4 Å². The summed E-state index contributed by atoms with van der Waals surface area (Å²) in [7, 11) is 1.11. The van der Waals surface area contributed by atoms with Gasteiger partial charge < -0.3 is 9.47 Å². The number of alkyl halides is 3. The van der Waals surface area contributed by atoms with E-state index in [1.807, 2.05) is 0 Å². The van der Waals surface area contributed by atoms with Crippen LogP contribution in [-0.4, -0.2) is 19.7 Å². The third kappa shape index (κ3) is 3.16. The molecule has 0 amide bonds. The summed E-state index contributed by atoms with van der Waals surface area (Å²) in [6, 6.07) is 2.79. The molecular weight excluding hydrogens is 263 g/mol. The van der Waals surface area contributed by atoms with Crippen LogP contribution in [0.2, 0.25) is 0 Å². The van der Waals surface area contributed by atoms with Crippen molar-refractivity contribution in [1.82, 2.24) is 0 Å². The smallest absolute Gasteiger partial charge is 0.416 e. The minimum Gasteiger partial charge on any atom is -0.496 e. The van der Waals surface area contributed by atoms with Crippen molar-refractivity contribution in [2.45, 2.75) is 13.1 Å². The van der Waals surface area contributed by atoms with Gasteiger partial charge >= 0.3 is 12.1 Å². The maximum absolute atomic E-state index is 12.6. The highest BCUT2D eigenvalue weighted by Crippen LogP contribution is 2.35. The number of benzene rings is 1. The Labute approximate surface area is 107 Å². The van der Waals surface area contributed by atoms with E-state index in [9.17, 15) is 18.0 Å². The molecule has 0 aliphatic heterocycles. The van der Waals surface area contributed by atoms with E-state index in [4.69, 9.17) is 10.00 Å². The molecule has 0 saturated heterocycles. The van der Waals surface area contributed by atoms with Crippen molar-refractivity contribution in [3.05, 3.63) is 28.8 Å². The van der Waals surface area contributed by atoms with E-state index in [2.05, 4.69) is 4.74 Å². The summed E-state index contributed by atoms with van der Waals surface area (Å²) in [5, 5.41) is 8.87. The second kappa shape index (κ2) is 5.61. The van der Waals surface area contributed by atoms with Gasteiger partial charge in [-0.1, -0.05) is 0 Å². The Morgan fingerprint density at radius 2 is 2.05 bits per heavy atom. The van der Waals surface area contributed by atoms with Crippen molar-refractivity contribution < 1.29 is 27.4 Å². The van der Waals surface area contributed by atoms with E-state index < -0.39 is 23.3 Å². The second-order valence-corrected chi connectivity index (χ2v) is 3.43. The first kappa shape index (κ1) is 14.8. The lowest BCUT2D eigenvalue weighted by molar-refractivity contribution is -0.137. The fraction of sp³-hybridized carbons (Fsp3) is 0.333. The van der Waals surface area contributed by atoms with Crippen molar-refractivity contribution in [2.24, 2.45) is 0 Å². The number of methoxy groups -OCH3 is 1. The third-order valence-electron chi connectivity index (χ3n) is 2.25. The molecule has 0 saturated carbocycles. The predicted octanol–water partition coefficient (Wildman–Crippen LogP) is 2.76. The summed E-state index contributed by atoms with van der Waals surface area (Å²) >= 11 is 0. The molecule has 0 atom stereocenters. The predicted molar refractivity (Wildman–Crippen MR) is 58.7 cm³/mol. The first-order valence-electron chi connectivity index (χ1n) is 5.21. The quantitative estimate of drug-likeness (QED) is 0.794. The van der Waals surface area contributed by atoms with Crippen LogP contribution in [0.15, 0.2) is 12.1 Å². The van der Waals surface area contributed by atoms with E-state index in [0.29, 0.717) is 12.1 Å². The Morgan fingerprint density at radius 1 is 1.42 bits per heavy atom. The lowest BCUT2D eigenvalue weighted by atomic mass is 10.0. The molecule has 0 N–H and O–H groups in total. The molecule has 0 aliphatic carbocycles. The van der Waals surface area contributed by atoms with Crippen LogP contribution in [-0.2, 0) is 10.9 Å². The van der Waals surface area contributed by atoms with Crippen LogP contribution in [0.3, 0.4) is 0 Å². The molecule has 4 nitrogen and oxygen atoms in total. The zero-order chi connectivity index (χ0) is 14.6. The maximum Gasteiger partial charge on any atom is 0.416 e. The van der Waals surface area contributed by atoms with Gasteiger partial charge in [0.2, 0.25) is 0 Å². The number of halogens is 3. The number of hydrogen-bond acceptors (Lipinski definition) is 4. The number of rotatable bonds is 3. The zero-order valence-corrected chi connectivity index (χ0v) is 10.2. The Hall–Kier alpha value is -2.23. The van der Waals surface area contributed by atoms with Crippen LogP contribution in [0.1, 0.15) is 28.4 Å². The van der Waals surface area contributed by atoms with Crippen LogP contribution >= 0.6 is 0 Å². The average Bonchev–Trinajstić information content (AvgIpc) is 2.36. The number of nitriles is 1. The van der Waals surface area contributed by atoms with Crippen LogP contribution in [0.5, 0.6) is 5.75 Å². The Bertz CT molecular complexity index is 532. The van der Waals surface area contributed by atoms with E-state index in [1.54, 1.807) is 13.0 Å². The minimum atomic E-state index is -4.63. The van der Waals surface area contributed by atoms with E-state index in [1.165, 1.54) is 0 Å². The summed E-state index contributed by atoms with van der Waals surface area (Å²) in [6.07, 6.45) is -4.63. The Kier molecular flexibility index (Phi) is 4.38. The highest BCUT2D eigenvalue weighted by Gasteiger charge is 2.33. The van der Waals surface area contributed by atoms with E-state index in [0.717, 1.165) is 7.11 Å². The lowest BCUT2D eigenvalue weighted by Crippen LogP contribution is -2.12. The van der Waals surface area contributed by atoms with E-state index in [-0.39, 0.29) is 17.9 Å². The first-order chi connectivity index (χ1) is 8.85. The topological polar surface area (TPSA) is 59.3 Å². The van der Waals surface area contributed by atoms with Crippen LogP contribution < -0.4 is 4.74 Å². The lowest BCUT2D eigenvalue weighted by Gasteiger charge is -2.13. The fourth-order valence-corrected chi connectivity index (χ4v) is 1.44. The van der Waals surface area contributed by atoms with Crippen LogP contribution in [0.4, 0.5) is 13.2 Å². The Balaban J connectivity index is 3.48. The van der Waals surface area contributed by atoms with Gasteiger partial charge in [-0.3, -0.25) is 0 Å². The molecule has 0 aliphatic rings.